The third kappa shape index (κ3) is 3.95. The average Bonchev–Trinajstić information content (AvgIpc) is 2.95. The van der Waals surface area contributed by atoms with E-state index >= 15 is 0 Å². The second kappa shape index (κ2) is 7.43. The maximum atomic E-state index is 11.2. The van der Waals surface area contributed by atoms with E-state index in [1.807, 2.05) is 38.1 Å². The third-order valence-corrected chi connectivity index (χ3v) is 3.97. The molecule has 0 saturated carbocycles. The van der Waals surface area contributed by atoms with Gasteiger partial charge in [0.25, 0.3) is 0 Å². The number of benzene rings is 1. The molecular weight excluding hydrogens is 270 g/mol. The van der Waals surface area contributed by atoms with Gasteiger partial charge in [-0.25, -0.2) is 0 Å². The van der Waals surface area contributed by atoms with Gasteiger partial charge in [-0.05, 0) is 25.1 Å². The molecule has 2 unspecified atom stereocenters. The van der Waals surface area contributed by atoms with Crippen LogP contribution in [0.25, 0.3) is 0 Å². The van der Waals surface area contributed by atoms with Crippen molar-refractivity contribution in [3.63, 3.8) is 0 Å². The number of para-hydroxylation sites is 1. The highest BCUT2D eigenvalue weighted by Crippen LogP contribution is 2.20. The number of aliphatic carboxylic acids is 1. The molecule has 1 aliphatic heterocycles. The van der Waals surface area contributed by atoms with Crippen LogP contribution in [0.4, 0.5) is 0 Å². The minimum Gasteiger partial charge on any atom is -0.492 e. The summed E-state index contributed by atoms with van der Waals surface area (Å²) in [6.45, 7) is 6.85. The topological polar surface area (TPSA) is 59.0 Å². The van der Waals surface area contributed by atoms with Crippen molar-refractivity contribution in [2.45, 2.75) is 19.9 Å². The molecule has 2 atom stereocenters. The fraction of sp³-hybridized carbons (Fsp3) is 0.562. The van der Waals surface area contributed by atoms with Gasteiger partial charge in [-0.3, -0.25) is 9.69 Å². The van der Waals surface area contributed by atoms with Crippen molar-refractivity contribution in [3.05, 3.63) is 29.8 Å². The summed E-state index contributed by atoms with van der Waals surface area (Å²) in [5, 5.41) is 9.23. The molecular formula is C16H23NO4. The van der Waals surface area contributed by atoms with E-state index in [-0.39, 0.29) is 6.04 Å². The number of aryl methyl sites for hydroxylation is 1. The molecule has 116 valence electrons. The number of carbonyl (C=O) groups is 1. The van der Waals surface area contributed by atoms with Crippen molar-refractivity contribution in [1.29, 1.82) is 0 Å². The molecule has 0 spiro atoms. The number of carboxylic acid groups (broad SMARTS) is 1. The highest BCUT2D eigenvalue weighted by Gasteiger charge is 2.37. The Bertz CT molecular complexity index is 477. The number of nitrogens with zero attached hydrogens (tertiary/aromatic N) is 1. The Morgan fingerprint density at radius 3 is 2.86 bits per heavy atom. The molecule has 1 N–H and O–H groups in total. The summed E-state index contributed by atoms with van der Waals surface area (Å²) in [4.78, 5) is 13.4. The normalized spacial score (nSPS) is 21.7. The summed E-state index contributed by atoms with van der Waals surface area (Å²) in [5.41, 5.74) is 1.10. The lowest BCUT2D eigenvalue weighted by atomic mass is 10.0. The lowest BCUT2D eigenvalue weighted by molar-refractivity contribution is -0.143. The number of carboxylic acids is 1. The van der Waals surface area contributed by atoms with Crippen LogP contribution >= 0.6 is 0 Å². The van der Waals surface area contributed by atoms with Crippen LogP contribution in [0.15, 0.2) is 24.3 Å². The minimum absolute atomic E-state index is 0.0621. The van der Waals surface area contributed by atoms with Crippen LogP contribution < -0.4 is 4.74 Å². The first-order valence-electron chi connectivity index (χ1n) is 7.36. The monoisotopic (exact) mass is 293 g/mol. The number of hydrogen-bond acceptors (Lipinski definition) is 4. The predicted octanol–water partition coefficient (Wildman–Crippen LogP) is 1.80. The Labute approximate surface area is 125 Å². The molecule has 1 saturated heterocycles. The van der Waals surface area contributed by atoms with Crippen molar-refractivity contribution >= 4 is 5.97 Å². The molecule has 21 heavy (non-hydrogen) atoms. The van der Waals surface area contributed by atoms with Crippen LogP contribution in [-0.4, -0.2) is 54.9 Å². The number of hydrogen-bond donors (Lipinski definition) is 1. The van der Waals surface area contributed by atoms with Gasteiger partial charge in [0.15, 0.2) is 0 Å². The molecule has 1 fully saturated rings. The molecule has 0 aromatic heterocycles. The van der Waals surface area contributed by atoms with Gasteiger partial charge in [-0.15, -0.1) is 0 Å². The van der Waals surface area contributed by atoms with E-state index in [9.17, 15) is 9.90 Å². The van der Waals surface area contributed by atoms with Gasteiger partial charge in [0.1, 0.15) is 12.4 Å². The highest BCUT2D eigenvalue weighted by atomic mass is 16.5. The molecule has 0 aliphatic carbocycles. The number of rotatable bonds is 7. The summed E-state index contributed by atoms with van der Waals surface area (Å²) in [7, 11) is 0. The Morgan fingerprint density at radius 2 is 2.19 bits per heavy atom. The molecule has 0 bridgehead atoms. The predicted molar refractivity (Wildman–Crippen MR) is 79.7 cm³/mol. The Kier molecular flexibility index (Phi) is 5.59. The first-order valence-corrected chi connectivity index (χ1v) is 7.36. The van der Waals surface area contributed by atoms with Crippen LogP contribution in [-0.2, 0) is 9.53 Å². The minimum atomic E-state index is -0.782. The second-order valence-corrected chi connectivity index (χ2v) is 5.29. The van der Waals surface area contributed by atoms with E-state index in [4.69, 9.17) is 9.47 Å². The van der Waals surface area contributed by atoms with E-state index in [0.717, 1.165) is 17.9 Å². The van der Waals surface area contributed by atoms with E-state index in [0.29, 0.717) is 26.4 Å². The molecule has 1 aromatic rings. The Balaban J connectivity index is 1.88. The first-order chi connectivity index (χ1) is 10.1. The van der Waals surface area contributed by atoms with Gasteiger partial charge in [0.2, 0.25) is 0 Å². The Morgan fingerprint density at radius 1 is 1.43 bits per heavy atom. The van der Waals surface area contributed by atoms with Gasteiger partial charge in [-0.1, -0.05) is 25.1 Å². The molecule has 0 amide bonds. The standard InChI is InChI=1S/C16H23NO4/c1-3-17(14-11-20-10-13(14)16(18)19)8-9-21-15-7-5-4-6-12(15)2/h4-7,13-14H,3,8-11H2,1-2H3,(H,18,19). The van der Waals surface area contributed by atoms with Gasteiger partial charge in [0, 0.05) is 12.6 Å². The molecule has 1 aliphatic rings. The zero-order valence-corrected chi connectivity index (χ0v) is 12.6. The van der Waals surface area contributed by atoms with Gasteiger partial charge in [-0.2, -0.15) is 0 Å². The smallest absolute Gasteiger partial charge is 0.310 e. The van der Waals surface area contributed by atoms with Crippen LogP contribution in [0, 0.1) is 12.8 Å². The maximum Gasteiger partial charge on any atom is 0.310 e. The summed E-state index contributed by atoms with van der Waals surface area (Å²) in [6, 6.07) is 7.83. The average molecular weight is 293 g/mol. The molecule has 5 heteroatoms. The van der Waals surface area contributed by atoms with Crippen LogP contribution in [0.1, 0.15) is 12.5 Å². The molecule has 5 nitrogen and oxygen atoms in total. The van der Waals surface area contributed by atoms with E-state index < -0.39 is 11.9 Å². The number of likely N-dealkylation sites (N-methyl/N-ethyl adjacent to an activating group) is 1. The zero-order chi connectivity index (χ0) is 15.2. The highest BCUT2D eigenvalue weighted by molar-refractivity contribution is 5.71. The number of ether oxygens (including phenoxy) is 2. The maximum absolute atomic E-state index is 11.2. The molecule has 0 radical (unpaired) electrons. The third-order valence-electron chi connectivity index (χ3n) is 3.97. The zero-order valence-electron chi connectivity index (χ0n) is 12.6. The van der Waals surface area contributed by atoms with Gasteiger partial charge >= 0.3 is 5.97 Å². The summed E-state index contributed by atoms with van der Waals surface area (Å²) >= 11 is 0. The van der Waals surface area contributed by atoms with E-state index in [2.05, 4.69) is 4.90 Å². The quantitative estimate of drug-likeness (QED) is 0.830. The van der Waals surface area contributed by atoms with Crippen molar-refractivity contribution < 1.29 is 19.4 Å². The fourth-order valence-electron chi connectivity index (χ4n) is 2.69. The Hall–Kier alpha value is -1.59. The summed E-state index contributed by atoms with van der Waals surface area (Å²) in [6.07, 6.45) is 0. The second-order valence-electron chi connectivity index (χ2n) is 5.29. The van der Waals surface area contributed by atoms with Crippen molar-refractivity contribution in [3.8, 4) is 5.75 Å². The van der Waals surface area contributed by atoms with Crippen molar-refractivity contribution in [2.24, 2.45) is 5.92 Å². The van der Waals surface area contributed by atoms with Crippen molar-refractivity contribution in [1.82, 2.24) is 4.90 Å². The van der Waals surface area contributed by atoms with E-state index in [1.54, 1.807) is 0 Å². The van der Waals surface area contributed by atoms with Crippen LogP contribution in [0.2, 0.25) is 0 Å². The van der Waals surface area contributed by atoms with Gasteiger partial charge in [0.05, 0.1) is 19.1 Å². The fourth-order valence-corrected chi connectivity index (χ4v) is 2.69. The first kappa shape index (κ1) is 15.8. The van der Waals surface area contributed by atoms with Crippen LogP contribution in [0.3, 0.4) is 0 Å². The largest absolute Gasteiger partial charge is 0.492 e. The molecule has 1 heterocycles. The van der Waals surface area contributed by atoms with Crippen molar-refractivity contribution in [2.75, 3.05) is 32.9 Å². The summed E-state index contributed by atoms with van der Waals surface area (Å²) in [5.74, 6) is -0.342. The molecule has 2 rings (SSSR count). The SMILES string of the molecule is CCN(CCOc1ccccc1C)C1COCC1C(=O)O. The lowest BCUT2D eigenvalue weighted by Gasteiger charge is -2.29. The van der Waals surface area contributed by atoms with Crippen LogP contribution in [0.5, 0.6) is 5.75 Å². The summed E-state index contributed by atoms with van der Waals surface area (Å²) < 4.78 is 11.1. The lowest BCUT2D eigenvalue weighted by Crippen LogP contribution is -2.44. The molecule has 1 aromatic carbocycles. The van der Waals surface area contributed by atoms with E-state index in [1.165, 1.54) is 0 Å². The van der Waals surface area contributed by atoms with Gasteiger partial charge < -0.3 is 14.6 Å².